The molecule has 0 bridgehead atoms. The number of hydrogen-bond acceptors (Lipinski definition) is 7. The van der Waals surface area contributed by atoms with Gasteiger partial charge in [-0.2, -0.15) is 0 Å². The minimum absolute atomic E-state index is 0.195. The number of fused-ring (bicyclic) bond motifs is 1. The van der Waals surface area contributed by atoms with Crippen LogP contribution in [0.2, 0.25) is 0 Å². The Hall–Kier alpha value is -4.01. The molecule has 236 valence electrons. The number of hydrogen-bond donors (Lipinski definition) is 2. The highest BCUT2D eigenvalue weighted by atomic mass is 32.1. The van der Waals surface area contributed by atoms with Gasteiger partial charge in [-0.15, -0.1) is 11.3 Å². The molecule has 0 spiro atoms. The summed E-state index contributed by atoms with van der Waals surface area (Å²) in [5, 5.41) is 4.09. The van der Waals surface area contributed by atoms with E-state index in [2.05, 4.69) is 5.32 Å². The lowest BCUT2D eigenvalue weighted by Gasteiger charge is -2.35. The summed E-state index contributed by atoms with van der Waals surface area (Å²) in [6.45, 7) is 0.540. The van der Waals surface area contributed by atoms with Crippen molar-refractivity contribution < 1.29 is 23.9 Å². The normalized spacial score (nSPS) is 16.9. The molecule has 1 amide bonds. The van der Waals surface area contributed by atoms with Crippen LogP contribution in [-0.2, 0) is 32.3 Å². The molecule has 0 radical (unpaired) electrons. The molecule has 2 saturated carbocycles. The van der Waals surface area contributed by atoms with Gasteiger partial charge in [-0.1, -0.05) is 117 Å². The van der Waals surface area contributed by atoms with E-state index in [0.29, 0.717) is 24.3 Å². The predicted octanol–water partition coefficient (Wildman–Crippen LogP) is 7.47. The van der Waals surface area contributed by atoms with Gasteiger partial charge in [0.05, 0.1) is 4.88 Å². The maximum absolute atomic E-state index is 13.0. The van der Waals surface area contributed by atoms with Crippen LogP contribution in [0.15, 0.2) is 91.0 Å². The smallest absolute Gasteiger partial charge is 0.332 e. The zero-order chi connectivity index (χ0) is 31.5. The fourth-order valence-corrected chi connectivity index (χ4v) is 6.98. The van der Waals surface area contributed by atoms with Crippen LogP contribution in [0.5, 0.6) is 0 Å². The van der Waals surface area contributed by atoms with Crippen LogP contribution in [-0.4, -0.2) is 28.9 Å². The van der Waals surface area contributed by atoms with E-state index in [1.54, 1.807) is 0 Å². The van der Waals surface area contributed by atoms with Gasteiger partial charge in [0.15, 0.2) is 0 Å². The molecule has 3 aromatic carbocycles. The highest BCUT2D eigenvalue weighted by Gasteiger charge is 2.43. The average Bonchev–Trinajstić information content (AvgIpc) is 3.53. The Bertz CT molecular complexity index is 1520. The lowest BCUT2D eigenvalue weighted by molar-refractivity contribution is -0.154. The van der Waals surface area contributed by atoms with E-state index in [1.165, 1.54) is 17.8 Å². The van der Waals surface area contributed by atoms with Crippen LogP contribution in [0.4, 0.5) is 0 Å². The van der Waals surface area contributed by atoms with Crippen LogP contribution in [0.25, 0.3) is 10.1 Å². The first-order chi connectivity index (χ1) is 21.9. The van der Waals surface area contributed by atoms with Crippen molar-refractivity contribution in [3.05, 3.63) is 107 Å². The van der Waals surface area contributed by atoms with E-state index in [-0.39, 0.29) is 24.5 Å². The topological polar surface area (TPSA) is 108 Å². The summed E-state index contributed by atoms with van der Waals surface area (Å²) in [5.41, 5.74) is 6.36. The predicted molar refractivity (Wildman–Crippen MR) is 178 cm³/mol. The molecule has 7 nitrogen and oxygen atoms in total. The van der Waals surface area contributed by atoms with Crippen LogP contribution >= 0.6 is 11.3 Å². The zero-order valence-electron chi connectivity index (χ0n) is 25.7. The number of thiophene rings is 1. The van der Waals surface area contributed by atoms with Crippen molar-refractivity contribution in [2.45, 2.75) is 88.5 Å². The van der Waals surface area contributed by atoms with Gasteiger partial charge in [0, 0.05) is 4.70 Å². The van der Waals surface area contributed by atoms with Gasteiger partial charge in [0.25, 0.3) is 5.91 Å². The summed E-state index contributed by atoms with van der Waals surface area (Å²) in [6.07, 6.45) is 8.86. The lowest BCUT2D eigenvalue weighted by atomic mass is 9.81. The highest BCUT2D eigenvalue weighted by molar-refractivity contribution is 7.20. The summed E-state index contributed by atoms with van der Waals surface area (Å²) in [7, 11) is 0. The quantitative estimate of drug-likeness (QED) is 0.197. The number of amides is 1. The molecule has 4 aromatic rings. The monoisotopic (exact) mass is 626 g/mol. The van der Waals surface area contributed by atoms with Crippen molar-refractivity contribution in [2.24, 2.45) is 5.73 Å². The Kier molecular flexibility index (Phi) is 11.0. The summed E-state index contributed by atoms with van der Waals surface area (Å²) in [4.78, 5) is 38.5. The van der Waals surface area contributed by atoms with E-state index in [0.717, 1.165) is 66.2 Å². The molecular formula is C37H42N2O5S. The van der Waals surface area contributed by atoms with Crippen molar-refractivity contribution in [1.82, 2.24) is 5.32 Å². The molecule has 0 unspecified atom stereocenters. The average molecular weight is 627 g/mol. The molecule has 0 aliphatic heterocycles. The number of carbonyl (C=O) groups excluding carboxylic acids is 3. The van der Waals surface area contributed by atoms with Gasteiger partial charge in [0.2, 0.25) is 0 Å². The molecule has 2 aliphatic rings. The van der Waals surface area contributed by atoms with E-state index >= 15 is 0 Å². The number of nitrogens with two attached hydrogens (primary N) is 1. The first kappa shape index (κ1) is 32.4. The molecule has 2 aliphatic carbocycles. The largest absolute Gasteiger partial charge is 0.459 e. The van der Waals surface area contributed by atoms with E-state index in [1.807, 2.05) is 91.0 Å². The van der Waals surface area contributed by atoms with Crippen LogP contribution < -0.4 is 11.1 Å². The number of esters is 2. The second-order valence-electron chi connectivity index (χ2n) is 12.1. The van der Waals surface area contributed by atoms with Gasteiger partial charge in [0.1, 0.15) is 24.3 Å². The second kappa shape index (κ2) is 15.3. The fraction of sp³-hybridized carbons (Fsp3) is 0.378. The third-order valence-electron chi connectivity index (χ3n) is 8.68. The van der Waals surface area contributed by atoms with Crippen molar-refractivity contribution in [3.63, 3.8) is 0 Å². The molecule has 0 saturated heterocycles. The van der Waals surface area contributed by atoms with E-state index in [9.17, 15) is 14.4 Å². The summed E-state index contributed by atoms with van der Waals surface area (Å²) >= 11 is 1.45. The number of rotatable bonds is 8. The van der Waals surface area contributed by atoms with Gasteiger partial charge in [-0.25, -0.2) is 4.79 Å². The first-order valence-corrected chi connectivity index (χ1v) is 16.7. The molecule has 45 heavy (non-hydrogen) atoms. The van der Waals surface area contributed by atoms with Gasteiger partial charge < -0.3 is 20.5 Å². The Morgan fingerprint density at radius 1 is 0.667 bits per heavy atom. The minimum Gasteiger partial charge on any atom is -0.459 e. The third kappa shape index (κ3) is 8.59. The molecule has 1 aromatic heterocycles. The molecular weight excluding hydrogens is 584 g/mol. The van der Waals surface area contributed by atoms with Crippen LogP contribution in [0.1, 0.15) is 85.0 Å². The SMILES string of the molecule is NC1(C(=O)OCc2ccccc2)CCCCC1.O=C(NC1(C(=O)OCc2ccccc2)CCCCC1)c1cc2ccccc2s1. The molecule has 1 heterocycles. The fourth-order valence-electron chi connectivity index (χ4n) is 6.02. The minimum atomic E-state index is -0.930. The summed E-state index contributed by atoms with van der Waals surface area (Å²) in [6, 6.07) is 29.1. The summed E-state index contributed by atoms with van der Waals surface area (Å²) < 4.78 is 12.0. The Labute approximate surface area is 269 Å². The van der Waals surface area contributed by atoms with Crippen molar-refractivity contribution in [1.29, 1.82) is 0 Å². The lowest BCUT2D eigenvalue weighted by Crippen LogP contribution is -2.56. The Balaban J connectivity index is 0.000000201. The maximum Gasteiger partial charge on any atom is 0.332 e. The number of carbonyl (C=O) groups is 3. The molecule has 3 N–H and O–H groups in total. The number of benzene rings is 3. The van der Waals surface area contributed by atoms with Gasteiger partial charge in [-0.05, 0) is 54.3 Å². The summed E-state index contributed by atoms with van der Waals surface area (Å²) in [5.74, 6) is -0.772. The van der Waals surface area contributed by atoms with Crippen molar-refractivity contribution >= 4 is 39.3 Å². The van der Waals surface area contributed by atoms with Crippen LogP contribution in [0.3, 0.4) is 0 Å². The zero-order valence-corrected chi connectivity index (χ0v) is 26.5. The third-order valence-corrected chi connectivity index (χ3v) is 9.79. The highest BCUT2D eigenvalue weighted by Crippen LogP contribution is 2.32. The maximum atomic E-state index is 13.0. The van der Waals surface area contributed by atoms with Gasteiger partial charge >= 0.3 is 11.9 Å². The van der Waals surface area contributed by atoms with E-state index < -0.39 is 11.1 Å². The van der Waals surface area contributed by atoms with Gasteiger partial charge in [-0.3, -0.25) is 9.59 Å². The Morgan fingerprint density at radius 3 is 1.76 bits per heavy atom. The molecule has 8 heteroatoms. The van der Waals surface area contributed by atoms with Crippen LogP contribution in [0, 0.1) is 0 Å². The second-order valence-corrected chi connectivity index (χ2v) is 13.2. The van der Waals surface area contributed by atoms with E-state index in [4.69, 9.17) is 15.2 Å². The van der Waals surface area contributed by atoms with Crippen molar-refractivity contribution in [2.75, 3.05) is 0 Å². The van der Waals surface area contributed by atoms with Crippen molar-refractivity contribution in [3.8, 4) is 0 Å². The standard InChI is InChI=1S/C23H23NO3S.C14H19NO2/c25-21(20-15-18-11-5-6-12-19(18)28-20)24-23(13-7-2-8-14-23)22(26)27-16-17-9-3-1-4-10-17;15-14(9-5-2-6-10-14)13(16)17-11-12-7-3-1-4-8-12/h1,3-6,9-12,15H,2,7-8,13-14,16H2,(H,24,25);1,3-4,7-8H,2,5-6,9-11,15H2. The molecule has 6 rings (SSSR count). The number of nitrogens with one attached hydrogen (secondary N) is 1. The number of ether oxygens (including phenoxy) is 2. The first-order valence-electron chi connectivity index (χ1n) is 15.9. The Morgan fingerprint density at radius 2 is 1.18 bits per heavy atom. The molecule has 0 atom stereocenters. The molecule has 2 fully saturated rings.